The Hall–Kier alpha value is -1.08. The summed E-state index contributed by atoms with van der Waals surface area (Å²) >= 11 is 0. The second kappa shape index (κ2) is 4.07. The van der Waals surface area contributed by atoms with Crippen molar-refractivity contribution in [2.45, 2.75) is 19.4 Å². The van der Waals surface area contributed by atoms with Gasteiger partial charge in [0.15, 0.2) is 0 Å². The lowest BCUT2D eigenvalue weighted by Crippen LogP contribution is -2.13. The standard InChI is InChI=1S/C11H13O/c1-3-4-11(12)10-7-5-9(2)6-8-10/h3,5-8,11H,1,4H2,2H3/q-1. The molecule has 0 heterocycles. The third kappa shape index (κ3) is 2.21. The van der Waals surface area contributed by atoms with Gasteiger partial charge < -0.3 is 5.11 Å². The van der Waals surface area contributed by atoms with Crippen LogP contribution in [-0.2, 0) is 0 Å². The number of aryl methyl sites for hydroxylation is 1. The molecule has 0 aliphatic rings. The Labute approximate surface area is 73.4 Å². The van der Waals surface area contributed by atoms with Crippen molar-refractivity contribution in [3.63, 3.8) is 0 Å². The minimum Gasteiger partial charge on any atom is -0.848 e. The van der Waals surface area contributed by atoms with E-state index in [0.29, 0.717) is 6.42 Å². The zero-order valence-corrected chi connectivity index (χ0v) is 7.29. The molecular weight excluding hydrogens is 148 g/mol. The van der Waals surface area contributed by atoms with Crippen molar-refractivity contribution in [3.8, 4) is 0 Å². The summed E-state index contributed by atoms with van der Waals surface area (Å²) in [6, 6.07) is 7.69. The van der Waals surface area contributed by atoms with Crippen molar-refractivity contribution in [1.29, 1.82) is 0 Å². The van der Waals surface area contributed by atoms with E-state index in [1.807, 2.05) is 31.2 Å². The molecule has 64 valence electrons. The van der Waals surface area contributed by atoms with Crippen molar-refractivity contribution in [2.75, 3.05) is 0 Å². The van der Waals surface area contributed by atoms with Gasteiger partial charge in [0.1, 0.15) is 0 Å². The number of hydrogen-bond donors (Lipinski definition) is 0. The first kappa shape index (κ1) is 9.01. The van der Waals surface area contributed by atoms with Crippen LogP contribution in [0.3, 0.4) is 0 Å². The van der Waals surface area contributed by atoms with Crippen LogP contribution in [-0.4, -0.2) is 0 Å². The molecule has 1 heteroatoms. The Morgan fingerprint density at radius 1 is 1.42 bits per heavy atom. The van der Waals surface area contributed by atoms with Gasteiger partial charge in [0, 0.05) is 0 Å². The maximum atomic E-state index is 11.4. The summed E-state index contributed by atoms with van der Waals surface area (Å²) in [5.74, 6) is 0. The second-order valence-corrected chi connectivity index (χ2v) is 2.92. The lowest BCUT2D eigenvalue weighted by Gasteiger charge is -2.20. The molecule has 1 rings (SSSR count). The van der Waals surface area contributed by atoms with E-state index in [1.165, 1.54) is 5.56 Å². The van der Waals surface area contributed by atoms with Crippen LogP contribution in [0.1, 0.15) is 23.7 Å². The summed E-state index contributed by atoms with van der Waals surface area (Å²) in [7, 11) is 0. The van der Waals surface area contributed by atoms with Crippen molar-refractivity contribution in [1.82, 2.24) is 0 Å². The first-order chi connectivity index (χ1) is 5.74. The van der Waals surface area contributed by atoms with Crippen LogP contribution in [0.15, 0.2) is 36.9 Å². The third-order valence-corrected chi connectivity index (χ3v) is 1.83. The van der Waals surface area contributed by atoms with Gasteiger partial charge in [0.05, 0.1) is 0 Å². The van der Waals surface area contributed by atoms with Gasteiger partial charge in [0.2, 0.25) is 0 Å². The van der Waals surface area contributed by atoms with Crippen LogP contribution < -0.4 is 5.11 Å². The van der Waals surface area contributed by atoms with Crippen LogP contribution in [0.4, 0.5) is 0 Å². The minimum absolute atomic E-state index is 0.503. The van der Waals surface area contributed by atoms with Crippen LogP contribution in [0.25, 0.3) is 0 Å². The molecular formula is C11H13O-. The Balaban J connectivity index is 2.74. The molecule has 0 radical (unpaired) electrons. The Bertz CT molecular complexity index is 248. The van der Waals surface area contributed by atoms with E-state index in [1.54, 1.807) is 6.08 Å². The molecule has 1 atom stereocenters. The normalized spacial score (nSPS) is 12.5. The summed E-state index contributed by atoms with van der Waals surface area (Å²) in [6.07, 6.45) is 1.52. The predicted molar refractivity (Wildman–Crippen MR) is 48.7 cm³/mol. The zero-order valence-electron chi connectivity index (χ0n) is 7.29. The molecule has 0 saturated heterocycles. The zero-order chi connectivity index (χ0) is 8.97. The molecule has 0 N–H and O–H groups in total. The van der Waals surface area contributed by atoms with Gasteiger partial charge in [-0.25, -0.2) is 0 Å². The fourth-order valence-electron chi connectivity index (χ4n) is 1.07. The van der Waals surface area contributed by atoms with Gasteiger partial charge in [-0.1, -0.05) is 47.6 Å². The lowest BCUT2D eigenvalue weighted by molar-refractivity contribution is -0.425. The van der Waals surface area contributed by atoms with Gasteiger partial charge in [0.25, 0.3) is 0 Å². The van der Waals surface area contributed by atoms with E-state index in [0.717, 1.165) is 5.56 Å². The molecule has 0 spiro atoms. The molecule has 0 fully saturated rings. The monoisotopic (exact) mass is 161 g/mol. The van der Waals surface area contributed by atoms with Gasteiger partial charge in [-0.2, -0.15) is 0 Å². The molecule has 12 heavy (non-hydrogen) atoms. The molecule has 0 amide bonds. The Morgan fingerprint density at radius 3 is 2.50 bits per heavy atom. The number of benzene rings is 1. The molecule has 1 nitrogen and oxygen atoms in total. The summed E-state index contributed by atoms with van der Waals surface area (Å²) in [5.41, 5.74) is 2.03. The molecule has 1 aromatic carbocycles. The van der Waals surface area contributed by atoms with E-state index in [2.05, 4.69) is 6.58 Å². The first-order valence-corrected chi connectivity index (χ1v) is 4.07. The van der Waals surface area contributed by atoms with Gasteiger partial charge in [-0.15, -0.1) is 6.58 Å². The summed E-state index contributed by atoms with van der Waals surface area (Å²) < 4.78 is 0. The molecule has 1 aromatic rings. The largest absolute Gasteiger partial charge is 0.848 e. The second-order valence-electron chi connectivity index (χ2n) is 2.92. The molecule has 0 aliphatic carbocycles. The van der Waals surface area contributed by atoms with E-state index >= 15 is 0 Å². The van der Waals surface area contributed by atoms with Crippen LogP contribution >= 0.6 is 0 Å². The fraction of sp³-hybridized carbons (Fsp3) is 0.273. The summed E-state index contributed by atoms with van der Waals surface area (Å²) in [4.78, 5) is 0. The van der Waals surface area contributed by atoms with E-state index in [-0.39, 0.29) is 0 Å². The average Bonchev–Trinajstić information content (AvgIpc) is 2.06. The average molecular weight is 161 g/mol. The van der Waals surface area contributed by atoms with Crippen molar-refractivity contribution < 1.29 is 5.11 Å². The molecule has 0 aromatic heterocycles. The predicted octanol–water partition coefficient (Wildman–Crippen LogP) is 1.97. The Kier molecular flexibility index (Phi) is 3.06. The van der Waals surface area contributed by atoms with Crippen LogP contribution in [0, 0.1) is 6.92 Å². The van der Waals surface area contributed by atoms with E-state index in [4.69, 9.17) is 0 Å². The highest BCUT2D eigenvalue weighted by molar-refractivity contribution is 5.23. The molecule has 0 saturated carbocycles. The van der Waals surface area contributed by atoms with Crippen molar-refractivity contribution in [2.24, 2.45) is 0 Å². The maximum absolute atomic E-state index is 11.4. The van der Waals surface area contributed by atoms with E-state index < -0.39 is 6.10 Å². The maximum Gasteiger partial charge on any atom is -0.0398 e. The highest BCUT2D eigenvalue weighted by atomic mass is 16.3. The molecule has 0 bridgehead atoms. The number of hydrogen-bond acceptors (Lipinski definition) is 1. The molecule has 0 aliphatic heterocycles. The topological polar surface area (TPSA) is 23.1 Å². The smallest absolute Gasteiger partial charge is 0.0398 e. The van der Waals surface area contributed by atoms with E-state index in [9.17, 15) is 5.11 Å². The summed E-state index contributed by atoms with van der Waals surface area (Å²) in [6.45, 7) is 5.55. The number of rotatable bonds is 3. The van der Waals surface area contributed by atoms with Gasteiger partial charge in [-0.05, 0) is 13.3 Å². The van der Waals surface area contributed by atoms with Crippen LogP contribution in [0.2, 0.25) is 0 Å². The SMILES string of the molecule is C=CCC([O-])c1ccc(C)cc1. The van der Waals surface area contributed by atoms with Crippen molar-refractivity contribution >= 4 is 0 Å². The van der Waals surface area contributed by atoms with Crippen molar-refractivity contribution in [3.05, 3.63) is 48.0 Å². The highest BCUT2D eigenvalue weighted by Crippen LogP contribution is 2.13. The first-order valence-electron chi connectivity index (χ1n) is 4.07. The van der Waals surface area contributed by atoms with Gasteiger partial charge >= 0.3 is 0 Å². The lowest BCUT2D eigenvalue weighted by atomic mass is 10.1. The quantitative estimate of drug-likeness (QED) is 0.621. The summed E-state index contributed by atoms with van der Waals surface area (Å²) in [5, 5.41) is 11.4. The Morgan fingerprint density at radius 2 is 2.00 bits per heavy atom. The van der Waals surface area contributed by atoms with Crippen LogP contribution in [0.5, 0.6) is 0 Å². The highest BCUT2D eigenvalue weighted by Gasteiger charge is 1.94. The minimum atomic E-state index is -0.650. The molecule has 1 unspecified atom stereocenters. The van der Waals surface area contributed by atoms with Gasteiger partial charge in [-0.3, -0.25) is 0 Å². The third-order valence-electron chi connectivity index (χ3n) is 1.83. The fourth-order valence-corrected chi connectivity index (χ4v) is 1.07.